The highest BCUT2D eigenvalue weighted by atomic mass is 16.4. The Kier molecular flexibility index (Phi) is 2.58. The molecule has 5 nitrogen and oxygen atoms in total. The quantitative estimate of drug-likeness (QED) is 0.669. The van der Waals surface area contributed by atoms with Gasteiger partial charge in [0.25, 0.3) is 0 Å². The number of imide groups is 1. The highest BCUT2D eigenvalue weighted by Gasteiger charge is 2.59. The highest BCUT2D eigenvalue weighted by Crippen LogP contribution is 2.53. The average molecular weight is 297 g/mol. The number of nitrogens with zero attached hydrogens (tertiary/aromatic N) is 1. The van der Waals surface area contributed by atoms with Gasteiger partial charge >= 0.3 is 5.97 Å². The molecule has 2 bridgehead atoms. The van der Waals surface area contributed by atoms with Gasteiger partial charge in [0.15, 0.2) is 0 Å². The Balaban J connectivity index is 1.79. The molecule has 4 rings (SSSR count). The minimum Gasteiger partial charge on any atom is -0.478 e. The standard InChI is InChI=1S/C17H15NO4/c1-8-2-3-11(17(21)22)7-12(8)18-15(19)13-9-4-5-10(6-9)14(13)16(18)20/h2-5,7,9-10,13-14H,6H2,1H3,(H,21,22)/t9-,10-,13+,14+/m1/s1. The zero-order valence-corrected chi connectivity index (χ0v) is 12.0. The van der Waals surface area contributed by atoms with Crippen LogP contribution in [0, 0.1) is 30.6 Å². The van der Waals surface area contributed by atoms with Crippen molar-refractivity contribution in [3.63, 3.8) is 0 Å². The first-order chi connectivity index (χ1) is 10.5. The predicted octanol–water partition coefficient (Wildman–Crippen LogP) is 2.00. The molecule has 1 saturated carbocycles. The maximum atomic E-state index is 12.7. The molecular weight excluding hydrogens is 282 g/mol. The lowest BCUT2D eigenvalue weighted by Crippen LogP contribution is -2.33. The average Bonchev–Trinajstić information content (AvgIpc) is 3.14. The summed E-state index contributed by atoms with van der Waals surface area (Å²) in [6.07, 6.45) is 4.97. The largest absolute Gasteiger partial charge is 0.478 e. The lowest BCUT2D eigenvalue weighted by molar-refractivity contribution is -0.123. The van der Waals surface area contributed by atoms with Crippen molar-refractivity contribution in [2.45, 2.75) is 13.3 Å². The fourth-order valence-electron chi connectivity index (χ4n) is 4.12. The molecule has 0 spiro atoms. The molecule has 3 aliphatic rings. The molecular formula is C17H15NO4. The van der Waals surface area contributed by atoms with Gasteiger partial charge in [-0.3, -0.25) is 9.59 Å². The molecule has 1 aromatic carbocycles. The minimum absolute atomic E-state index is 0.0827. The first kappa shape index (κ1) is 13.2. The van der Waals surface area contributed by atoms with Gasteiger partial charge in [-0.15, -0.1) is 0 Å². The molecule has 112 valence electrons. The van der Waals surface area contributed by atoms with E-state index in [4.69, 9.17) is 5.11 Å². The molecule has 1 aliphatic heterocycles. The maximum Gasteiger partial charge on any atom is 0.335 e. The van der Waals surface area contributed by atoms with Crippen molar-refractivity contribution in [2.24, 2.45) is 23.7 Å². The van der Waals surface area contributed by atoms with Crippen molar-refractivity contribution in [2.75, 3.05) is 4.90 Å². The second-order valence-electron chi connectivity index (χ2n) is 6.32. The summed E-state index contributed by atoms with van der Waals surface area (Å²) in [5.41, 5.74) is 1.22. The van der Waals surface area contributed by atoms with E-state index in [-0.39, 0.29) is 41.0 Å². The number of allylic oxidation sites excluding steroid dienone is 2. The Morgan fingerprint density at radius 1 is 1.14 bits per heavy atom. The fourth-order valence-corrected chi connectivity index (χ4v) is 4.12. The van der Waals surface area contributed by atoms with E-state index in [2.05, 4.69) is 0 Å². The van der Waals surface area contributed by atoms with Crippen LogP contribution < -0.4 is 4.90 Å². The number of carbonyl (C=O) groups is 3. The number of anilines is 1. The van der Waals surface area contributed by atoms with Crippen molar-refractivity contribution in [1.82, 2.24) is 0 Å². The fraction of sp³-hybridized carbons (Fsp3) is 0.353. The molecule has 4 atom stereocenters. The summed E-state index contributed by atoms with van der Waals surface area (Å²) in [5.74, 6) is -1.66. The summed E-state index contributed by atoms with van der Waals surface area (Å²) in [6.45, 7) is 1.78. The van der Waals surface area contributed by atoms with Gasteiger partial charge in [-0.2, -0.15) is 0 Å². The third kappa shape index (κ3) is 1.56. The highest BCUT2D eigenvalue weighted by molar-refractivity contribution is 6.23. The molecule has 2 fully saturated rings. The molecule has 1 N–H and O–H groups in total. The van der Waals surface area contributed by atoms with Crippen LogP contribution in [0.25, 0.3) is 0 Å². The van der Waals surface area contributed by atoms with Gasteiger partial charge in [0.1, 0.15) is 0 Å². The van der Waals surface area contributed by atoms with E-state index >= 15 is 0 Å². The zero-order valence-electron chi connectivity index (χ0n) is 12.0. The van der Waals surface area contributed by atoms with Crippen LogP contribution in [0.2, 0.25) is 0 Å². The van der Waals surface area contributed by atoms with E-state index in [0.717, 1.165) is 12.0 Å². The molecule has 0 aromatic heterocycles. The smallest absolute Gasteiger partial charge is 0.335 e. The van der Waals surface area contributed by atoms with Gasteiger partial charge in [0.05, 0.1) is 23.1 Å². The van der Waals surface area contributed by atoms with E-state index in [1.54, 1.807) is 13.0 Å². The molecule has 0 unspecified atom stereocenters. The SMILES string of the molecule is Cc1ccc(C(=O)O)cc1N1C(=O)[C@@H]2[C@@H](C1=O)[C@@H]1C=C[C@@H]2C1. The Labute approximate surface area is 127 Å². The Morgan fingerprint density at radius 3 is 2.27 bits per heavy atom. The Hall–Kier alpha value is -2.43. The van der Waals surface area contributed by atoms with Gasteiger partial charge < -0.3 is 5.11 Å². The first-order valence-corrected chi connectivity index (χ1v) is 7.39. The van der Waals surface area contributed by atoms with Crippen LogP contribution in [0.4, 0.5) is 5.69 Å². The molecule has 22 heavy (non-hydrogen) atoms. The van der Waals surface area contributed by atoms with E-state index < -0.39 is 5.97 Å². The minimum atomic E-state index is -1.07. The zero-order chi connectivity index (χ0) is 15.6. The number of amides is 2. The summed E-state index contributed by atoms with van der Waals surface area (Å²) in [4.78, 5) is 37.9. The molecule has 1 saturated heterocycles. The number of fused-ring (bicyclic) bond motifs is 5. The van der Waals surface area contributed by atoms with Gasteiger partial charge in [-0.25, -0.2) is 9.69 Å². The van der Waals surface area contributed by atoms with Crippen molar-refractivity contribution in [3.8, 4) is 0 Å². The molecule has 1 aromatic rings. The van der Waals surface area contributed by atoms with Crippen LogP contribution in [0.3, 0.4) is 0 Å². The number of hydrogen-bond acceptors (Lipinski definition) is 3. The van der Waals surface area contributed by atoms with Gasteiger partial charge in [0.2, 0.25) is 11.8 Å². The van der Waals surface area contributed by atoms with Crippen LogP contribution in [0.1, 0.15) is 22.3 Å². The van der Waals surface area contributed by atoms with Crippen molar-refractivity contribution < 1.29 is 19.5 Å². The third-order valence-corrected chi connectivity index (χ3v) is 5.17. The molecule has 5 heteroatoms. The van der Waals surface area contributed by atoms with Crippen LogP contribution in [-0.2, 0) is 9.59 Å². The van der Waals surface area contributed by atoms with Crippen molar-refractivity contribution in [1.29, 1.82) is 0 Å². The summed E-state index contributed by atoms with van der Waals surface area (Å²) in [6, 6.07) is 4.54. The normalized spacial score (nSPS) is 32.0. The van der Waals surface area contributed by atoms with Crippen LogP contribution in [0.15, 0.2) is 30.4 Å². The van der Waals surface area contributed by atoms with Gasteiger partial charge in [-0.1, -0.05) is 18.2 Å². The molecule has 1 heterocycles. The van der Waals surface area contributed by atoms with Crippen LogP contribution in [0.5, 0.6) is 0 Å². The lowest BCUT2D eigenvalue weighted by Gasteiger charge is -2.19. The van der Waals surface area contributed by atoms with E-state index in [0.29, 0.717) is 5.69 Å². The Bertz CT molecular complexity index is 721. The number of aromatic carboxylic acids is 1. The number of rotatable bonds is 2. The van der Waals surface area contributed by atoms with Crippen molar-refractivity contribution >= 4 is 23.5 Å². The third-order valence-electron chi connectivity index (χ3n) is 5.17. The first-order valence-electron chi connectivity index (χ1n) is 7.39. The number of carboxylic acid groups (broad SMARTS) is 1. The monoisotopic (exact) mass is 297 g/mol. The van der Waals surface area contributed by atoms with Crippen LogP contribution >= 0.6 is 0 Å². The molecule has 0 radical (unpaired) electrons. The summed E-state index contributed by atoms with van der Waals surface area (Å²) in [5, 5.41) is 9.13. The second kappa shape index (κ2) is 4.29. The van der Waals surface area contributed by atoms with E-state index in [1.807, 2.05) is 12.2 Å². The number of carboxylic acids is 1. The van der Waals surface area contributed by atoms with E-state index in [9.17, 15) is 14.4 Å². The summed E-state index contributed by atoms with van der Waals surface area (Å²) in [7, 11) is 0. The topological polar surface area (TPSA) is 74.7 Å². The van der Waals surface area contributed by atoms with E-state index in [1.165, 1.54) is 17.0 Å². The number of hydrogen-bond donors (Lipinski definition) is 1. The number of benzene rings is 1. The van der Waals surface area contributed by atoms with Gasteiger partial charge in [0, 0.05) is 0 Å². The molecule has 2 amide bonds. The van der Waals surface area contributed by atoms with Gasteiger partial charge in [-0.05, 0) is 42.9 Å². The predicted molar refractivity (Wildman–Crippen MR) is 78.3 cm³/mol. The Morgan fingerprint density at radius 2 is 1.73 bits per heavy atom. The summed E-state index contributed by atoms with van der Waals surface area (Å²) >= 11 is 0. The molecule has 2 aliphatic carbocycles. The maximum absolute atomic E-state index is 12.7. The van der Waals surface area contributed by atoms with Crippen LogP contribution in [-0.4, -0.2) is 22.9 Å². The lowest BCUT2D eigenvalue weighted by atomic mass is 9.85. The number of aryl methyl sites for hydroxylation is 1. The summed E-state index contributed by atoms with van der Waals surface area (Å²) < 4.78 is 0. The number of carbonyl (C=O) groups excluding carboxylic acids is 2. The second-order valence-corrected chi connectivity index (χ2v) is 6.32. The van der Waals surface area contributed by atoms with Crippen molar-refractivity contribution in [3.05, 3.63) is 41.5 Å².